The minimum absolute atomic E-state index is 0.0344. The molecule has 2 aromatic heterocycles. The Kier molecular flexibility index (Phi) is 4.37. The predicted octanol–water partition coefficient (Wildman–Crippen LogP) is 2.16. The molecule has 2 aromatic rings. The van der Waals surface area contributed by atoms with Crippen LogP contribution in [-0.2, 0) is 0 Å². The summed E-state index contributed by atoms with van der Waals surface area (Å²) in [4.78, 5) is 21.2. The number of likely N-dealkylation sites (N-methyl/N-ethyl adjacent to an activating group) is 1. The van der Waals surface area contributed by atoms with E-state index in [0.29, 0.717) is 24.4 Å². The van der Waals surface area contributed by atoms with Gasteiger partial charge < -0.3 is 14.9 Å². The molecule has 1 atom stereocenters. The highest BCUT2D eigenvalue weighted by molar-refractivity contribution is 7.12. The molecular formula is C17H21N3O2S. The summed E-state index contributed by atoms with van der Waals surface area (Å²) in [6.07, 6.45) is 2.38. The number of nitrogens with zero attached hydrogens (tertiary/aromatic N) is 3. The Balaban J connectivity index is 1.64. The maximum absolute atomic E-state index is 12.4. The number of carbonyl (C=O) groups excluding carboxylic acids is 1. The van der Waals surface area contributed by atoms with Crippen molar-refractivity contribution in [3.63, 3.8) is 0 Å². The zero-order chi connectivity index (χ0) is 16.4. The van der Waals surface area contributed by atoms with Crippen LogP contribution >= 0.6 is 11.3 Å². The number of hydrogen-bond acceptors (Lipinski definition) is 5. The Labute approximate surface area is 140 Å². The second kappa shape index (κ2) is 6.29. The molecule has 122 valence electrons. The monoisotopic (exact) mass is 331 g/mol. The third kappa shape index (κ3) is 3.54. The number of rotatable bonds is 4. The van der Waals surface area contributed by atoms with E-state index in [4.69, 9.17) is 0 Å². The fourth-order valence-corrected chi connectivity index (χ4v) is 3.86. The van der Waals surface area contributed by atoms with Crippen molar-refractivity contribution in [3.05, 3.63) is 46.3 Å². The molecule has 1 unspecified atom stereocenters. The molecule has 6 heteroatoms. The lowest BCUT2D eigenvalue weighted by Gasteiger charge is -2.29. The minimum Gasteiger partial charge on any atom is -0.386 e. The van der Waals surface area contributed by atoms with Crippen molar-refractivity contribution in [2.75, 3.05) is 31.6 Å². The van der Waals surface area contributed by atoms with Crippen LogP contribution in [0.5, 0.6) is 0 Å². The highest BCUT2D eigenvalue weighted by Gasteiger charge is 2.38. The van der Waals surface area contributed by atoms with Crippen LogP contribution in [0.2, 0.25) is 0 Å². The van der Waals surface area contributed by atoms with Gasteiger partial charge in [-0.05, 0) is 42.5 Å². The average Bonchev–Trinajstić information content (AvgIpc) is 3.14. The van der Waals surface area contributed by atoms with E-state index in [9.17, 15) is 9.90 Å². The molecule has 0 spiro atoms. The zero-order valence-corrected chi connectivity index (χ0v) is 14.2. The fourth-order valence-electron chi connectivity index (χ4n) is 2.97. The van der Waals surface area contributed by atoms with Crippen molar-refractivity contribution in [1.29, 1.82) is 0 Å². The summed E-state index contributed by atoms with van der Waals surface area (Å²) in [5.74, 6) is 0.832. The zero-order valence-electron chi connectivity index (χ0n) is 13.4. The fraction of sp³-hybridized carbons (Fsp3) is 0.412. The number of aromatic nitrogens is 1. The molecule has 0 aromatic carbocycles. The Bertz CT molecular complexity index is 688. The van der Waals surface area contributed by atoms with Gasteiger partial charge in [0.25, 0.3) is 5.91 Å². The Morgan fingerprint density at radius 3 is 3.00 bits per heavy atom. The van der Waals surface area contributed by atoms with Gasteiger partial charge in [0.1, 0.15) is 11.4 Å². The van der Waals surface area contributed by atoms with Crippen molar-refractivity contribution in [3.8, 4) is 0 Å². The third-order valence-electron chi connectivity index (χ3n) is 4.13. The predicted molar refractivity (Wildman–Crippen MR) is 92.0 cm³/mol. The molecule has 0 saturated carbocycles. The largest absolute Gasteiger partial charge is 0.386 e. The summed E-state index contributed by atoms with van der Waals surface area (Å²) in [5.41, 5.74) is 0.196. The summed E-state index contributed by atoms with van der Waals surface area (Å²) < 4.78 is 0. The molecule has 1 fully saturated rings. The SMILES string of the molecule is Cc1csc(C(=O)N(C)CC2(O)CCN(c3ccccn3)C2)c1. The van der Waals surface area contributed by atoms with Crippen LogP contribution in [0, 0.1) is 6.92 Å². The average molecular weight is 331 g/mol. The van der Waals surface area contributed by atoms with Crippen LogP contribution in [0.15, 0.2) is 35.8 Å². The van der Waals surface area contributed by atoms with Crippen molar-refractivity contribution < 1.29 is 9.90 Å². The molecule has 5 nitrogen and oxygen atoms in total. The first-order valence-corrected chi connectivity index (χ1v) is 8.54. The van der Waals surface area contributed by atoms with Gasteiger partial charge in [0.15, 0.2) is 0 Å². The summed E-state index contributed by atoms with van der Waals surface area (Å²) in [6, 6.07) is 7.65. The number of thiophene rings is 1. The standard InChI is InChI=1S/C17H21N3O2S/c1-13-9-14(23-10-13)16(21)19(2)11-17(22)6-8-20(12-17)15-5-3-4-7-18-15/h3-5,7,9-10,22H,6,8,11-12H2,1-2H3. The Hall–Kier alpha value is -1.92. The molecule has 1 saturated heterocycles. The number of pyridine rings is 1. The van der Waals surface area contributed by atoms with Gasteiger partial charge in [0.05, 0.1) is 11.4 Å². The van der Waals surface area contributed by atoms with Gasteiger partial charge in [-0.15, -0.1) is 11.3 Å². The number of aryl methyl sites for hydroxylation is 1. The molecule has 1 amide bonds. The van der Waals surface area contributed by atoms with Crippen molar-refractivity contribution in [2.45, 2.75) is 18.9 Å². The van der Waals surface area contributed by atoms with Crippen LogP contribution in [0.1, 0.15) is 21.7 Å². The lowest BCUT2D eigenvalue weighted by molar-refractivity contribution is 0.0266. The van der Waals surface area contributed by atoms with Gasteiger partial charge in [0.2, 0.25) is 0 Å². The van der Waals surface area contributed by atoms with Crippen LogP contribution in [0.4, 0.5) is 5.82 Å². The number of β-amino-alcohol motifs (C(OH)–C–C–N with tert-alkyl or cyclic N) is 1. The highest BCUT2D eigenvalue weighted by Crippen LogP contribution is 2.26. The summed E-state index contributed by atoms with van der Waals surface area (Å²) in [5, 5.41) is 12.8. The van der Waals surface area contributed by atoms with E-state index in [1.54, 1.807) is 18.1 Å². The number of hydrogen-bond donors (Lipinski definition) is 1. The minimum atomic E-state index is -0.895. The van der Waals surface area contributed by atoms with Gasteiger partial charge >= 0.3 is 0 Å². The van der Waals surface area contributed by atoms with Crippen molar-refractivity contribution >= 4 is 23.1 Å². The van der Waals surface area contributed by atoms with Crippen molar-refractivity contribution in [2.24, 2.45) is 0 Å². The maximum Gasteiger partial charge on any atom is 0.263 e. The summed E-state index contributed by atoms with van der Waals surface area (Å²) >= 11 is 1.45. The first-order valence-electron chi connectivity index (χ1n) is 7.66. The maximum atomic E-state index is 12.4. The van der Waals surface area contributed by atoms with Crippen LogP contribution in [0.3, 0.4) is 0 Å². The van der Waals surface area contributed by atoms with Gasteiger partial charge in [-0.25, -0.2) is 4.98 Å². The molecule has 0 radical (unpaired) electrons. The second-order valence-electron chi connectivity index (χ2n) is 6.23. The molecule has 1 N–H and O–H groups in total. The summed E-state index contributed by atoms with van der Waals surface area (Å²) in [6.45, 7) is 3.54. The lowest BCUT2D eigenvalue weighted by Crippen LogP contribution is -2.45. The molecule has 3 rings (SSSR count). The molecule has 23 heavy (non-hydrogen) atoms. The lowest BCUT2D eigenvalue weighted by atomic mass is 10.0. The van der Waals surface area contributed by atoms with Gasteiger partial charge in [-0.1, -0.05) is 6.07 Å². The third-order valence-corrected chi connectivity index (χ3v) is 5.16. The Morgan fingerprint density at radius 1 is 1.52 bits per heavy atom. The van der Waals surface area contributed by atoms with Crippen molar-refractivity contribution in [1.82, 2.24) is 9.88 Å². The van der Waals surface area contributed by atoms with Crippen LogP contribution < -0.4 is 4.90 Å². The molecule has 3 heterocycles. The number of carbonyl (C=O) groups is 1. The van der Waals surface area contributed by atoms with E-state index < -0.39 is 5.60 Å². The molecule has 1 aliphatic rings. The quantitative estimate of drug-likeness (QED) is 0.933. The van der Waals surface area contributed by atoms with Gasteiger partial charge in [0, 0.05) is 26.3 Å². The van der Waals surface area contributed by atoms with Gasteiger partial charge in [-0.2, -0.15) is 0 Å². The highest BCUT2D eigenvalue weighted by atomic mass is 32.1. The summed E-state index contributed by atoms with van der Waals surface area (Å²) in [7, 11) is 1.75. The van der Waals surface area contributed by atoms with E-state index in [-0.39, 0.29) is 5.91 Å². The molecule has 1 aliphatic heterocycles. The smallest absolute Gasteiger partial charge is 0.263 e. The second-order valence-corrected chi connectivity index (χ2v) is 7.14. The first-order chi connectivity index (χ1) is 11.0. The first kappa shape index (κ1) is 16.0. The number of anilines is 1. The molecular weight excluding hydrogens is 310 g/mol. The topological polar surface area (TPSA) is 56.7 Å². The number of amides is 1. The molecule has 0 aliphatic carbocycles. The van der Waals surface area contributed by atoms with E-state index >= 15 is 0 Å². The van der Waals surface area contributed by atoms with E-state index in [2.05, 4.69) is 9.88 Å². The number of aliphatic hydroxyl groups is 1. The normalized spacial score (nSPS) is 20.7. The van der Waals surface area contributed by atoms with E-state index in [1.165, 1.54) is 11.3 Å². The van der Waals surface area contributed by atoms with Gasteiger partial charge in [-0.3, -0.25) is 4.79 Å². The van der Waals surface area contributed by atoms with E-state index in [0.717, 1.165) is 17.9 Å². The molecule has 0 bridgehead atoms. The van der Waals surface area contributed by atoms with E-state index in [1.807, 2.05) is 36.6 Å². The van der Waals surface area contributed by atoms with Crippen LogP contribution in [0.25, 0.3) is 0 Å². The Morgan fingerprint density at radius 2 is 2.35 bits per heavy atom. The van der Waals surface area contributed by atoms with Crippen LogP contribution in [-0.4, -0.2) is 53.2 Å².